The Kier molecular flexibility index (Phi) is 5.32. The molecule has 2 amide bonds. The highest BCUT2D eigenvalue weighted by Gasteiger charge is 2.21. The summed E-state index contributed by atoms with van der Waals surface area (Å²) in [7, 11) is 1.56. The van der Waals surface area contributed by atoms with Crippen LogP contribution in [-0.4, -0.2) is 36.3 Å². The van der Waals surface area contributed by atoms with E-state index in [0.29, 0.717) is 12.2 Å². The third-order valence-electron chi connectivity index (χ3n) is 2.87. The molecule has 5 N–H and O–H groups in total. The number of nitrogen functional groups attached to an aromatic ring is 1. The average molecular weight is 264 g/mol. The van der Waals surface area contributed by atoms with E-state index in [4.69, 9.17) is 11.5 Å². The molecule has 1 rings (SSSR count). The van der Waals surface area contributed by atoms with E-state index < -0.39 is 11.9 Å². The van der Waals surface area contributed by atoms with Gasteiger partial charge in [-0.3, -0.25) is 14.5 Å². The lowest BCUT2D eigenvalue weighted by Gasteiger charge is -2.26. The summed E-state index contributed by atoms with van der Waals surface area (Å²) < 4.78 is 0. The number of hydrogen-bond acceptors (Lipinski definition) is 4. The number of rotatable bonds is 6. The van der Waals surface area contributed by atoms with Crippen molar-refractivity contribution in [2.24, 2.45) is 5.73 Å². The minimum atomic E-state index is -0.473. The molecule has 0 aliphatic carbocycles. The summed E-state index contributed by atoms with van der Waals surface area (Å²) in [6, 6.07) is 6.87. The highest BCUT2D eigenvalue weighted by atomic mass is 16.2. The van der Waals surface area contributed by atoms with Crippen LogP contribution in [0.1, 0.15) is 12.5 Å². The number of likely N-dealkylation sites (N-methyl/N-ethyl adjacent to an activating group) is 1. The number of nitrogens with zero attached hydrogens (tertiary/aromatic N) is 1. The molecule has 19 heavy (non-hydrogen) atoms. The number of carbonyl (C=O) groups excluding carboxylic acids is 2. The van der Waals surface area contributed by atoms with E-state index in [1.165, 1.54) is 0 Å². The number of benzene rings is 1. The van der Waals surface area contributed by atoms with Crippen molar-refractivity contribution < 1.29 is 9.59 Å². The average Bonchev–Trinajstić information content (AvgIpc) is 2.35. The maximum atomic E-state index is 11.7. The SMILES string of the molecule is CNC(=O)C(C)N(CC(N)=O)Cc1cccc(N)c1. The quantitative estimate of drug-likeness (QED) is 0.613. The fourth-order valence-electron chi connectivity index (χ4n) is 1.83. The van der Waals surface area contributed by atoms with Gasteiger partial charge in [-0.1, -0.05) is 12.1 Å². The predicted molar refractivity (Wildman–Crippen MR) is 74.0 cm³/mol. The van der Waals surface area contributed by atoms with Gasteiger partial charge < -0.3 is 16.8 Å². The Morgan fingerprint density at radius 3 is 2.63 bits per heavy atom. The Balaban J connectivity index is 2.85. The highest BCUT2D eigenvalue weighted by Crippen LogP contribution is 2.11. The van der Waals surface area contributed by atoms with Crippen molar-refractivity contribution in [2.45, 2.75) is 19.5 Å². The molecule has 0 aromatic heterocycles. The molecule has 0 fully saturated rings. The molecule has 6 nitrogen and oxygen atoms in total. The molecule has 6 heteroatoms. The number of primary amides is 1. The summed E-state index contributed by atoms with van der Waals surface area (Å²) in [4.78, 5) is 24.5. The molecule has 0 saturated carbocycles. The summed E-state index contributed by atoms with van der Waals surface area (Å²) in [5.41, 5.74) is 12.5. The van der Waals surface area contributed by atoms with Gasteiger partial charge >= 0.3 is 0 Å². The van der Waals surface area contributed by atoms with Gasteiger partial charge in [-0.2, -0.15) is 0 Å². The van der Waals surface area contributed by atoms with E-state index in [9.17, 15) is 9.59 Å². The zero-order valence-electron chi connectivity index (χ0n) is 11.2. The van der Waals surface area contributed by atoms with E-state index in [1.807, 2.05) is 18.2 Å². The summed E-state index contributed by atoms with van der Waals surface area (Å²) in [5.74, 6) is -0.634. The van der Waals surface area contributed by atoms with Gasteiger partial charge in [-0.15, -0.1) is 0 Å². The van der Waals surface area contributed by atoms with Crippen LogP contribution in [-0.2, 0) is 16.1 Å². The molecule has 0 spiro atoms. The van der Waals surface area contributed by atoms with Gasteiger partial charge in [0.2, 0.25) is 11.8 Å². The van der Waals surface area contributed by atoms with Gasteiger partial charge in [0.25, 0.3) is 0 Å². The van der Waals surface area contributed by atoms with Crippen molar-refractivity contribution in [3.8, 4) is 0 Å². The van der Waals surface area contributed by atoms with E-state index in [-0.39, 0.29) is 12.5 Å². The summed E-state index contributed by atoms with van der Waals surface area (Å²) >= 11 is 0. The second kappa shape index (κ2) is 6.75. The minimum absolute atomic E-state index is 0.0172. The van der Waals surface area contributed by atoms with Gasteiger partial charge in [-0.25, -0.2) is 0 Å². The van der Waals surface area contributed by atoms with Gasteiger partial charge in [0, 0.05) is 19.3 Å². The molecule has 0 radical (unpaired) electrons. The molecular weight excluding hydrogens is 244 g/mol. The lowest BCUT2D eigenvalue weighted by molar-refractivity contribution is -0.127. The summed E-state index contributed by atoms with van der Waals surface area (Å²) in [5, 5.41) is 2.56. The van der Waals surface area contributed by atoms with Gasteiger partial charge in [0.15, 0.2) is 0 Å². The molecular formula is C13H20N4O2. The maximum absolute atomic E-state index is 11.7. The lowest BCUT2D eigenvalue weighted by Crippen LogP contribution is -2.46. The zero-order valence-corrected chi connectivity index (χ0v) is 11.2. The largest absolute Gasteiger partial charge is 0.399 e. The first-order valence-corrected chi connectivity index (χ1v) is 6.02. The minimum Gasteiger partial charge on any atom is -0.399 e. The Bertz CT molecular complexity index is 462. The molecule has 0 bridgehead atoms. The van der Waals surface area contributed by atoms with Crippen LogP contribution in [0.4, 0.5) is 5.69 Å². The standard InChI is InChI=1S/C13H20N4O2/c1-9(13(19)16-2)17(8-12(15)18)7-10-4-3-5-11(14)6-10/h3-6,9H,7-8,14H2,1-2H3,(H2,15,18)(H,16,19). The third kappa shape index (κ3) is 4.59. The molecule has 0 aliphatic rings. The number of nitrogens with one attached hydrogen (secondary N) is 1. The van der Waals surface area contributed by atoms with Crippen LogP contribution >= 0.6 is 0 Å². The predicted octanol–water partition coefficient (Wildman–Crippen LogP) is -0.309. The Hall–Kier alpha value is -2.08. The first-order chi connectivity index (χ1) is 8.93. The second-order valence-corrected chi connectivity index (χ2v) is 4.41. The topological polar surface area (TPSA) is 101 Å². The Labute approximate surface area is 112 Å². The van der Waals surface area contributed by atoms with Crippen LogP contribution in [0, 0.1) is 0 Å². The Morgan fingerprint density at radius 1 is 1.42 bits per heavy atom. The van der Waals surface area contributed by atoms with Crippen LogP contribution in [0.5, 0.6) is 0 Å². The molecule has 1 unspecified atom stereocenters. The van der Waals surface area contributed by atoms with Gasteiger partial charge in [0.05, 0.1) is 12.6 Å². The van der Waals surface area contributed by atoms with Crippen molar-refractivity contribution in [3.63, 3.8) is 0 Å². The molecule has 0 saturated heterocycles. The number of carbonyl (C=O) groups is 2. The number of anilines is 1. The van der Waals surface area contributed by atoms with E-state index in [1.54, 1.807) is 24.9 Å². The van der Waals surface area contributed by atoms with E-state index in [2.05, 4.69) is 5.32 Å². The summed E-state index contributed by atoms with van der Waals surface area (Å²) in [6.45, 7) is 2.18. The summed E-state index contributed by atoms with van der Waals surface area (Å²) in [6.07, 6.45) is 0. The van der Waals surface area contributed by atoms with E-state index >= 15 is 0 Å². The smallest absolute Gasteiger partial charge is 0.236 e. The number of hydrogen-bond donors (Lipinski definition) is 3. The second-order valence-electron chi connectivity index (χ2n) is 4.41. The van der Waals surface area contributed by atoms with E-state index in [0.717, 1.165) is 5.56 Å². The van der Waals surface area contributed by atoms with Crippen molar-refractivity contribution >= 4 is 17.5 Å². The molecule has 1 aromatic carbocycles. The molecule has 104 valence electrons. The molecule has 1 aromatic rings. The van der Waals surface area contributed by atoms with Gasteiger partial charge in [-0.05, 0) is 24.6 Å². The molecule has 0 aliphatic heterocycles. The van der Waals surface area contributed by atoms with Crippen molar-refractivity contribution in [3.05, 3.63) is 29.8 Å². The fraction of sp³-hybridized carbons (Fsp3) is 0.385. The Morgan fingerprint density at radius 2 is 2.11 bits per heavy atom. The normalized spacial score (nSPS) is 12.2. The highest BCUT2D eigenvalue weighted by molar-refractivity contribution is 5.82. The zero-order chi connectivity index (χ0) is 14.4. The lowest BCUT2D eigenvalue weighted by atomic mass is 10.1. The number of amides is 2. The maximum Gasteiger partial charge on any atom is 0.236 e. The van der Waals surface area contributed by atoms with Crippen molar-refractivity contribution in [2.75, 3.05) is 19.3 Å². The monoisotopic (exact) mass is 264 g/mol. The molecule has 0 heterocycles. The van der Waals surface area contributed by atoms with Crippen LogP contribution in [0.2, 0.25) is 0 Å². The van der Waals surface area contributed by atoms with Gasteiger partial charge in [0.1, 0.15) is 0 Å². The molecule has 1 atom stereocenters. The van der Waals surface area contributed by atoms with Crippen molar-refractivity contribution in [1.29, 1.82) is 0 Å². The van der Waals surface area contributed by atoms with Crippen LogP contribution in [0.3, 0.4) is 0 Å². The first-order valence-electron chi connectivity index (χ1n) is 6.02. The fourth-order valence-corrected chi connectivity index (χ4v) is 1.83. The first kappa shape index (κ1) is 15.0. The van der Waals surface area contributed by atoms with Crippen LogP contribution in [0.15, 0.2) is 24.3 Å². The number of nitrogens with two attached hydrogens (primary N) is 2. The third-order valence-corrected chi connectivity index (χ3v) is 2.87. The van der Waals surface area contributed by atoms with Crippen LogP contribution in [0.25, 0.3) is 0 Å². The van der Waals surface area contributed by atoms with Crippen molar-refractivity contribution in [1.82, 2.24) is 10.2 Å². The van der Waals surface area contributed by atoms with Crippen LogP contribution < -0.4 is 16.8 Å².